The highest BCUT2D eigenvalue weighted by molar-refractivity contribution is 5.29. The first kappa shape index (κ1) is 28.7. The zero-order chi connectivity index (χ0) is 22.1. The van der Waals surface area contributed by atoms with Crippen molar-refractivity contribution in [2.75, 3.05) is 0 Å². The Morgan fingerprint density at radius 2 is 1.10 bits per heavy atom. The molecule has 0 amide bonds. The molecule has 176 valence electrons. The third-order valence-electron chi connectivity index (χ3n) is 5.79. The van der Waals surface area contributed by atoms with Gasteiger partial charge in [0.1, 0.15) is 12.4 Å². The molecule has 0 unspecified atom stereocenters. The number of nitrogens with zero attached hydrogens (tertiary/aromatic N) is 2. The molecular formula is C26H50N2O2. The maximum atomic E-state index is 8.25. The second-order valence-corrected chi connectivity index (χ2v) is 8.64. The summed E-state index contributed by atoms with van der Waals surface area (Å²) in [5, 5.41) is 8.25. The second kappa shape index (κ2) is 24.0. The Morgan fingerprint density at radius 3 is 1.53 bits per heavy atom. The molecule has 0 aliphatic heterocycles. The molecule has 1 heterocycles. The molecule has 0 saturated carbocycles. The Hall–Kier alpha value is -1.32. The monoisotopic (exact) mass is 422 g/mol. The fourth-order valence-electron chi connectivity index (χ4n) is 3.89. The van der Waals surface area contributed by atoms with E-state index in [1.165, 1.54) is 129 Å². The zero-order valence-corrected chi connectivity index (χ0v) is 20.2. The van der Waals surface area contributed by atoms with E-state index in [9.17, 15) is 0 Å². The maximum Gasteiger partial charge on any atom is 0.243 e. The molecule has 1 rings (SSSR count). The molecule has 30 heavy (non-hydrogen) atoms. The fraction of sp³-hybridized carbons (Fsp3) is 0.846. The lowest BCUT2D eigenvalue weighted by atomic mass is 10.0. The molecule has 0 aromatic carbocycles. The first-order chi connectivity index (χ1) is 14.8. The van der Waals surface area contributed by atoms with Crippen molar-refractivity contribution >= 4 is 6.47 Å². The summed E-state index contributed by atoms with van der Waals surface area (Å²) in [5.41, 5.74) is 0. The maximum absolute atomic E-state index is 8.25. The molecule has 0 bridgehead atoms. The molecule has 4 nitrogen and oxygen atoms in total. The first-order valence-corrected chi connectivity index (χ1v) is 12.9. The molecule has 0 radical (unpaired) electrons. The van der Waals surface area contributed by atoms with Crippen LogP contribution in [0.15, 0.2) is 18.7 Å². The average Bonchev–Trinajstić information content (AvgIpc) is 3.20. The van der Waals surface area contributed by atoms with Crippen molar-refractivity contribution in [3.05, 3.63) is 18.7 Å². The van der Waals surface area contributed by atoms with Crippen LogP contribution in [0.4, 0.5) is 0 Å². The van der Waals surface area contributed by atoms with Gasteiger partial charge in [-0.25, -0.2) is 9.13 Å². The minimum atomic E-state index is -0.500. The van der Waals surface area contributed by atoms with Gasteiger partial charge in [0, 0.05) is 6.47 Å². The highest BCUT2D eigenvalue weighted by atomic mass is 16.3. The van der Waals surface area contributed by atoms with Crippen LogP contribution in [0, 0.1) is 0 Å². The van der Waals surface area contributed by atoms with Crippen molar-refractivity contribution in [2.24, 2.45) is 0 Å². The van der Waals surface area contributed by atoms with Crippen molar-refractivity contribution in [1.82, 2.24) is 4.57 Å². The van der Waals surface area contributed by atoms with E-state index in [0.29, 0.717) is 0 Å². The SMILES string of the molecule is CCCCCCCCCCCCCCCCCCn1cc[n+](CCCC)c1.O=C[O-]. The van der Waals surface area contributed by atoms with E-state index in [0.717, 1.165) is 0 Å². The van der Waals surface area contributed by atoms with Crippen LogP contribution in [-0.2, 0) is 17.9 Å². The van der Waals surface area contributed by atoms with Crippen LogP contribution in [-0.4, -0.2) is 11.0 Å². The number of carboxylic acid groups (broad SMARTS) is 1. The summed E-state index contributed by atoms with van der Waals surface area (Å²) in [7, 11) is 0. The van der Waals surface area contributed by atoms with E-state index < -0.39 is 6.47 Å². The van der Waals surface area contributed by atoms with Crippen molar-refractivity contribution in [3.8, 4) is 0 Å². The fourth-order valence-corrected chi connectivity index (χ4v) is 3.89. The Bertz CT molecular complexity index is 460. The normalized spacial score (nSPS) is 10.6. The number of aryl methyl sites for hydroxylation is 2. The van der Waals surface area contributed by atoms with E-state index in [1.807, 2.05) is 0 Å². The highest BCUT2D eigenvalue weighted by Crippen LogP contribution is 2.13. The van der Waals surface area contributed by atoms with Crippen molar-refractivity contribution < 1.29 is 14.5 Å². The van der Waals surface area contributed by atoms with Crippen LogP contribution in [0.2, 0.25) is 0 Å². The van der Waals surface area contributed by atoms with Gasteiger partial charge in [-0.15, -0.1) is 0 Å². The van der Waals surface area contributed by atoms with Gasteiger partial charge in [-0.2, -0.15) is 0 Å². The van der Waals surface area contributed by atoms with Crippen molar-refractivity contribution in [1.29, 1.82) is 0 Å². The quantitative estimate of drug-likeness (QED) is 0.143. The van der Waals surface area contributed by atoms with Gasteiger partial charge >= 0.3 is 0 Å². The van der Waals surface area contributed by atoms with Gasteiger partial charge in [0.05, 0.1) is 13.1 Å². The predicted octanol–water partition coefficient (Wildman–Crippen LogP) is 6.20. The van der Waals surface area contributed by atoms with Crippen LogP contribution in [0.1, 0.15) is 129 Å². The third-order valence-corrected chi connectivity index (χ3v) is 5.79. The molecule has 0 atom stereocenters. The van der Waals surface area contributed by atoms with Crippen LogP contribution in [0.5, 0.6) is 0 Å². The lowest BCUT2D eigenvalue weighted by Gasteiger charge is -2.03. The van der Waals surface area contributed by atoms with Gasteiger partial charge in [0.15, 0.2) is 0 Å². The summed E-state index contributed by atoms with van der Waals surface area (Å²) >= 11 is 0. The number of carbonyl (C=O) groups is 1. The molecule has 0 saturated heterocycles. The summed E-state index contributed by atoms with van der Waals surface area (Å²) in [6, 6.07) is 0. The van der Waals surface area contributed by atoms with Gasteiger partial charge in [-0.1, -0.05) is 110 Å². The van der Waals surface area contributed by atoms with E-state index in [2.05, 4.69) is 41.7 Å². The molecule has 4 heteroatoms. The molecule has 0 N–H and O–H groups in total. The number of hydrogen-bond donors (Lipinski definition) is 0. The standard InChI is InChI=1S/C25H49N2.CH2O2/c1-3-5-7-8-9-10-11-12-13-14-15-16-17-18-19-20-22-27-24-23-26(25-27)21-6-4-2;2-1-3/h23-25H,3-22H2,1-2H3;1H,(H,2,3)/q+1;/p-1. The summed E-state index contributed by atoms with van der Waals surface area (Å²) in [4.78, 5) is 8.25. The molecule has 0 spiro atoms. The number of carbonyl (C=O) groups excluding carboxylic acids is 1. The molecule has 1 aromatic heterocycles. The largest absolute Gasteiger partial charge is 0.554 e. The smallest absolute Gasteiger partial charge is 0.243 e. The lowest BCUT2D eigenvalue weighted by molar-refractivity contribution is -0.696. The minimum Gasteiger partial charge on any atom is -0.554 e. The second-order valence-electron chi connectivity index (χ2n) is 8.64. The molecule has 1 aromatic rings. The Kier molecular flexibility index (Phi) is 22.9. The Labute approximate surface area is 187 Å². The number of rotatable bonds is 20. The molecular weight excluding hydrogens is 372 g/mol. The zero-order valence-electron chi connectivity index (χ0n) is 20.2. The summed E-state index contributed by atoms with van der Waals surface area (Å²) in [6.07, 6.45) is 32.4. The number of imidazole rings is 1. The van der Waals surface area contributed by atoms with Crippen molar-refractivity contribution in [2.45, 2.75) is 143 Å². The van der Waals surface area contributed by atoms with E-state index in [4.69, 9.17) is 9.90 Å². The summed E-state index contributed by atoms with van der Waals surface area (Å²) < 4.78 is 4.69. The number of unbranched alkanes of at least 4 members (excludes halogenated alkanes) is 16. The van der Waals surface area contributed by atoms with Crippen LogP contribution >= 0.6 is 0 Å². The van der Waals surface area contributed by atoms with E-state index >= 15 is 0 Å². The van der Waals surface area contributed by atoms with Gasteiger partial charge in [0.2, 0.25) is 6.33 Å². The van der Waals surface area contributed by atoms with Crippen molar-refractivity contribution in [3.63, 3.8) is 0 Å². The Morgan fingerprint density at radius 1 is 0.700 bits per heavy atom. The number of aromatic nitrogens is 2. The Balaban J connectivity index is 0.00000263. The van der Waals surface area contributed by atoms with Gasteiger partial charge in [-0.05, 0) is 19.3 Å². The molecule has 0 fully saturated rings. The highest BCUT2D eigenvalue weighted by Gasteiger charge is 2.02. The van der Waals surface area contributed by atoms with Crippen LogP contribution in [0.3, 0.4) is 0 Å². The van der Waals surface area contributed by atoms with E-state index in [-0.39, 0.29) is 0 Å². The third kappa shape index (κ3) is 20.0. The van der Waals surface area contributed by atoms with Gasteiger partial charge in [0.25, 0.3) is 0 Å². The molecule has 0 aliphatic rings. The van der Waals surface area contributed by atoms with Crippen LogP contribution in [0.25, 0.3) is 0 Å². The van der Waals surface area contributed by atoms with E-state index in [1.54, 1.807) is 0 Å². The minimum absolute atomic E-state index is 0.500. The topological polar surface area (TPSA) is 48.9 Å². The first-order valence-electron chi connectivity index (χ1n) is 12.9. The molecule has 0 aliphatic carbocycles. The summed E-state index contributed by atoms with van der Waals surface area (Å²) in [5.74, 6) is 0. The van der Waals surface area contributed by atoms with Gasteiger partial charge in [-0.3, -0.25) is 0 Å². The number of hydrogen-bond acceptors (Lipinski definition) is 2. The summed E-state index contributed by atoms with van der Waals surface area (Å²) in [6.45, 7) is 6.42. The average molecular weight is 423 g/mol. The lowest BCUT2D eigenvalue weighted by Crippen LogP contribution is -2.30. The predicted molar refractivity (Wildman–Crippen MR) is 125 cm³/mol. The van der Waals surface area contributed by atoms with Gasteiger partial charge < -0.3 is 9.90 Å². The van der Waals surface area contributed by atoms with Crippen LogP contribution < -0.4 is 9.67 Å².